The van der Waals surface area contributed by atoms with Crippen molar-refractivity contribution in [2.24, 2.45) is 5.92 Å². The van der Waals surface area contributed by atoms with Crippen LogP contribution in [0.5, 0.6) is 0 Å². The van der Waals surface area contributed by atoms with Gasteiger partial charge in [0.15, 0.2) is 0 Å². The van der Waals surface area contributed by atoms with Crippen molar-refractivity contribution in [1.29, 1.82) is 0 Å². The Morgan fingerprint density at radius 1 is 1.50 bits per heavy atom. The van der Waals surface area contributed by atoms with Gasteiger partial charge in [0.1, 0.15) is 0 Å². The van der Waals surface area contributed by atoms with Crippen molar-refractivity contribution in [3.05, 3.63) is 21.3 Å². The Morgan fingerprint density at radius 2 is 2.25 bits per heavy atom. The van der Waals surface area contributed by atoms with Gasteiger partial charge in [-0.25, -0.2) is 0 Å². The third kappa shape index (κ3) is 2.98. The summed E-state index contributed by atoms with van der Waals surface area (Å²) in [5.74, 6) is 0.684. The number of nitrogens with one attached hydrogen (secondary N) is 1. The molecule has 0 radical (unpaired) electrons. The van der Waals surface area contributed by atoms with Gasteiger partial charge in [0.05, 0.1) is 4.34 Å². The number of hydrogen-bond donors (Lipinski definition) is 1. The van der Waals surface area contributed by atoms with Gasteiger partial charge in [0.2, 0.25) is 0 Å². The molecule has 0 aliphatic carbocycles. The van der Waals surface area contributed by atoms with E-state index in [4.69, 9.17) is 16.3 Å². The predicted molar refractivity (Wildman–Crippen MR) is 69.3 cm³/mol. The van der Waals surface area contributed by atoms with Crippen molar-refractivity contribution < 1.29 is 4.74 Å². The molecule has 1 saturated heterocycles. The summed E-state index contributed by atoms with van der Waals surface area (Å²) in [7, 11) is 0. The lowest BCUT2D eigenvalue weighted by Crippen LogP contribution is -2.31. The predicted octanol–water partition coefficient (Wildman–Crippen LogP) is 3.48. The zero-order valence-corrected chi connectivity index (χ0v) is 11.1. The van der Waals surface area contributed by atoms with E-state index in [-0.39, 0.29) is 0 Å². The van der Waals surface area contributed by atoms with Crippen molar-refractivity contribution >= 4 is 22.9 Å². The molecule has 0 spiro atoms. The summed E-state index contributed by atoms with van der Waals surface area (Å²) in [5, 5.41) is 3.58. The average molecular weight is 260 g/mol. The van der Waals surface area contributed by atoms with Crippen molar-refractivity contribution in [3.8, 4) is 0 Å². The maximum Gasteiger partial charge on any atom is 0.0931 e. The Bertz CT molecular complexity index is 323. The fourth-order valence-corrected chi connectivity index (χ4v) is 3.49. The summed E-state index contributed by atoms with van der Waals surface area (Å²) in [5.41, 5.74) is 0. The topological polar surface area (TPSA) is 21.3 Å². The number of hydrogen-bond acceptors (Lipinski definition) is 3. The minimum Gasteiger partial charge on any atom is -0.381 e. The molecule has 0 saturated carbocycles. The molecular weight excluding hydrogens is 242 g/mol. The monoisotopic (exact) mass is 259 g/mol. The Hall–Kier alpha value is -0.0900. The van der Waals surface area contributed by atoms with Gasteiger partial charge in [-0.3, -0.25) is 0 Å². The number of halogens is 1. The zero-order valence-electron chi connectivity index (χ0n) is 9.54. The highest BCUT2D eigenvalue weighted by atomic mass is 35.5. The van der Waals surface area contributed by atoms with Gasteiger partial charge < -0.3 is 10.1 Å². The maximum atomic E-state index is 6.01. The van der Waals surface area contributed by atoms with E-state index in [0.717, 1.165) is 36.9 Å². The lowest BCUT2D eigenvalue weighted by atomic mass is 9.91. The molecule has 2 rings (SSSR count). The van der Waals surface area contributed by atoms with Gasteiger partial charge in [-0.2, -0.15) is 0 Å². The normalized spacial score (nSPS) is 19.9. The second kappa shape index (κ2) is 6.01. The molecule has 2 heterocycles. The Morgan fingerprint density at radius 3 is 2.81 bits per heavy atom. The fourth-order valence-electron chi connectivity index (χ4n) is 2.26. The minimum atomic E-state index is 0.450. The van der Waals surface area contributed by atoms with Crippen LogP contribution in [0, 0.1) is 5.92 Å². The molecule has 1 fully saturated rings. The first-order chi connectivity index (χ1) is 7.81. The minimum absolute atomic E-state index is 0.450. The van der Waals surface area contributed by atoms with E-state index in [0.29, 0.717) is 12.0 Å². The largest absolute Gasteiger partial charge is 0.381 e. The quantitative estimate of drug-likeness (QED) is 0.894. The van der Waals surface area contributed by atoms with E-state index in [1.165, 1.54) is 4.88 Å². The maximum absolute atomic E-state index is 6.01. The second-order valence-corrected chi connectivity index (χ2v) is 5.87. The van der Waals surface area contributed by atoms with Crippen LogP contribution in [-0.4, -0.2) is 19.8 Å². The number of rotatable bonds is 4. The fraction of sp³-hybridized carbons (Fsp3) is 0.667. The third-order valence-electron chi connectivity index (χ3n) is 3.06. The molecule has 4 heteroatoms. The Labute approximate surface area is 106 Å². The van der Waals surface area contributed by atoms with Crippen LogP contribution in [0.1, 0.15) is 30.7 Å². The van der Waals surface area contributed by atoms with Gasteiger partial charge in [0, 0.05) is 24.1 Å². The summed E-state index contributed by atoms with van der Waals surface area (Å²) < 4.78 is 6.30. The van der Waals surface area contributed by atoms with Gasteiger partial charge in [0.25, 0.3) is 0 Å². The summed E-state index contributed by atoms with van der Waals surface area (Å²) in [6, 6.07) is 4.59. The van der Waals surface area contributed by atoms with Crippen LogP contribution in [-0.2, 0) is 4.74 Å². The molecule has 0 bridgehead atoms. The van der Waals surface area contributed by atoms with Crippen LogP contribution < -0.4 is 5.32 Å². The third-order valence-corrected chi connectivity index (χ3v) is 4.38. The summed E-state index contributed by atoms with van der Waals surface area (Å²) in [6.07, 6.45) is 2.29. The molecule has 2 nitrogen and oxygen atoms in total. The van der Waals surface area contributed by atoms with Gasteiger partial charge in [-0.1, -0.05) is 18.5 Å². The van der Waals surface area contributed by atoms with Crippen LogP contribution in [0.25, 0.3) is 0 Å². The van der Waals surface area contributed by atoms with Crippen LogP contribution >= 0.6 is 22.9 Å². The highest BCUT2D eigenvalue weighted by Crippen LogP contribution is 2.35. The first kappa shape index (κ1) is 12.4. The van der Waals surface area contributed by atoms with E-state index in [2.05, 4.69) is 18.3 Å². The van der Waals surface area contributed by atoms with Crippen LogP contribution in [0.15, 0.2) is 12.1 Å². The molecular formula is C12H18ClNOS. The molecule has 1 aliphatic heterocycles. The Kier molecular flexibility index (Phi) is 4.65. The lowest BCUT2D eigenvalue weighted by Gasteiger charge is -2.30. The highest BCUT2D eigenvalue weighted by Gasteiger charge is 2.25. The second-order valence-electron chi connectivity index (χ2n) is 4.13. The molecule has 1 aromatic rings. The molecule has 1 N–H and O–H groups in total. The molecule has 1 atom stereocenters. The van der Waals surface area contributed by atoms with Gasteiger partial charge >= 0.3 is 0 Å². The van der Waals surface area contributed by atoms with Gasteiger partial charge in [-0.05, 0) is 37.4 Å². The van der Waals surface area contributed by atoms with E-state index in [1.54, 1.807) is 11.3 Å². The van der Waals surface area contributed by atoms with Gasteiger partial charge in [-0.15, -0.1) is 11.3 Å². The SMILES string of the molecule is CCNC(c1ccc(Cl)s1)C1CCOCC1. The highest BCUT2D eigenvalue weighted by molar-refractivity contribution is 7.16. The van der Waals surface area contributed by atoms with E-state index >= 15 is 0 Å². The molecule has 16 heavy (non-hydrogen) atoms. The summed E-state index contributed by atoms with van der Waals surface area (Å²) in [4.78, 5) is 1.36. The van der Waals surface area contributed by atoms with Crippen LogP contribution in [0.2, 0.25) is 4.34 Å². The molecule has 0 aromatic carbocycles. The number of ether oxygens (including phenoxy) is 1. The molecule has 90 valence electrons. The van der Waals surface area contributed by atoms with Crippen molar-refractivity contribution in [3.63, 3.8) is 0 Å². The van der Waals surface area contributed by atoms with Crippen LogP contribution in [0.4, 0.5) is 0 Å². The molecule has 0 amide bonds. The summed E-state index contributed by atoms with van der Waals surface area (Å²) >= 11 is 7.70. The Balaban J connectivity index is 2.09. The van der Waals surface area contributed by atoms with Crippen LogP contribution in [0.3, 0.4) is 0 Å². The standard InChI is InChI=1S/C12H18ClNOS/c1-2-14-12(9-5-7-15-8-6-9)10-3-4-11(13)16-10/h3-4,9,12,14H,2,5-8H2,1H3. The smallest absolute Gasteiger partial charge is 0.0931 e. The first-order valence-corrected chi connectivity index (χ1v) is 7.07. The van der Waals surface area contributed by atoms with E-state index < -0.39 is 0 Å². The van der Waals surface area contributed by atoms with Crippen molar-refractivity contribution in [1.82, 2.24) is 5.32 Å². The number of thiophene rings is 1. The molecule has 1 aliphatic rings. The molecule has 1 aromatic heterocycles. The molecule has 1 unspecified atom stereocenters. The summed E-state index contributed by atoms with van der Waals surface area (Å²) in [6.45, 7) is 4.94. The van der Waals surface area contributed by atoms with Crippen molar-refractivity contribution in [2.45, 2.75) is 25.8 Å². The average Bonchev–Trinajstić information content (AvgIpc) is 2.74. The first-order valence-electron chi connectivity index (χ1n) is 5.87. The van der Waals surface area contributed by atoms with Crippen molar-refractivity contribution in [2.75, 3.05) is 19.8 Å². The van der Waals surface area contributed by atoms with E-state index in [1.807, 2.05) is 6.07 Å². The zero-order chi connectivity index (χ0) is 11.4. The lowest BCUT2D eigenvalue weighted by molar-refractivity contribution is 0.0542. The van der Waals surface area contributed by atoms with E-state index in [9.17, 15) is 0 Å².